The highest BCUT2D eigenvalue weighted by Gasteiger charge is 2.31. The number of ether oxygens (including phenoxy) is 1. The number of halogens is 2. The lowest BCUT2D eigenvalue weighted by Gasteiger charge is -2.36. The lowest BCUT2D eigenvalue weighted by molar-refractivity contribution is 0.135. The fourth-order valence-corrected chi connectivity index (χ4v) is 6.17. The molecule has 6 rings (SSSR count). The van der Waals surface area contributed by atoms with Gasteiger partial charge in [-0.25, -0.2) is 18.7 Å². The Morgan fingerprint density at radius 2 is 2.03 bits per heavy atom. The molecule has 0 amide bonds. The van der Waals surface area contributed by atoms with Crippen molar-refractivity contribution >= 4 is 43.3 Å². The molecule has 1 fully saturated rings. The van der Waals surface area contributed by atoms with Crippen LogP contribution in [0.15, 0.2) is 12.4 Å². The van der Waals surface area contributed by atoms with Gasteiger partial charge < -0.3 is 20.3 Å². The predicted octanol–water partition coefficient (Wildman–Crippen LogP) is 4.20. The van der Waals surface area contributed by atoms with E-state index in [1.165, 1.54) is 0 Å². The highest BCUT2D eigenvalue weighted by molar-refractivity contribution is 7.23. The lowest BCUT2D eigenvalue weighted by Crippen LogP contribution is -2.45. The van der Waals surface area contributed by atoms with Crippen molar-refractivity contribution in [2.24, 2.45) is 0 Å². The van der Waals surface area contributed by atoms with Crippen LogP contribution in [0, 0.1) is 23.0 Å². The Kier molecular flexibility index (Phi) is 5.48. The Morgan fingerprint density at radius 3 is 2.81 bits per heavy atom. The second-order valence-corrected chi connectivity index (χ2v) is 10.4. The number of aromatic nitrogens is 3. The number of rotatable bonds is 3. The van der Waals surface area contributed by atoms with Crippen LogP contribution in [0.4, 0.5) is 19.7 Å². The second kappa shape index (κ2) is 8.58. The molecule has 2 N–H and O–H groups in total. The fraction of sp³-hybridized carbons (Fsp3) is 0.360. The van der Waals surface area contributed by atoms with Crippen molar-refractivity contribution in [3.8, 4) is 17.3 Å². The summed E-state index contributed by atoms with van der Waals surface area (Å²) in [6, 6.07) is 2.39. The molecule has 184 valence electrons. The van der Waals surface area contributed by atoms with Crippen LogP contribution in [0.2, 0.25) is 0 Å². The highest BCUT2D eigenvalue weighted by atomic mass is 32.1. The Balaban J connectivity index is 1.59. The minimum absolute atomic E-state index is 0.0931. The van der Waals surface area contributed by atoms with Gasteiger partial charge in [0.1, 0.15) is 16.6 Å². The van der Waals surface area contributed by atoms with Crippen LogP contribution in [0.3, 0.4) is 0 Å². The summed E-state index contributed by atoms with van der Waals surface area (Å²) in [5.41, 5.74) is 7.99. The largest absolute Gasteiger partial charge is 0.389 e. The molecule has 1 atom stereocenters. The molecule has 2 aliphatic heterocycles. The molecule has 3 aromatic heterocycles. The van der Waals surface area contributed by atoms with E-state index < -0.39 is 11.6 Å². The smallest absolute Gasteiger partial charge is 0.226 e. The molecular weight excluding hydrogens is 484 g/mol. The van der Waals surface area contributed by atoms with E-state index in [2.05, 4.69) is 24.8 Å². The minimum Gasteiger partial charge on any atom is -0.389 e. The molecule has 1 saturated heterocycles. The Hall–Kier alpha value is -3.46. The predicted molar refractivity (Wildman–Crippen MR) is 135 cm³/mol. The van der Waals surface area contributed by atoms with Gasteiger partial charge in [0.2, 0.25) is 5.95 Å². The molecule has 0 saturated carbocycles. The maximum Gasteiger partial charge on any atom is 0.226 e. The van der Waals surface area contributed by atoms with Crippen molar-refractivity contribution in [3.05, 3.63) is 40.7 Å². The number of nitrogens with zero attached hydrogens (tertiary/aromatic N) is 6. The van der Waals surface area contributed by atoms with Crippen LogP contribution < -0.4 is 10.6 Å². The summed E-state index contributed by atoms with van der Waals surface area (Å²) in [4.78, 5) is 17.8. The number of thiophene rings is 1. The molecule has 5 heterocycles. The van der Waals surface area contributed by atoms with E-state index in [1.54, 1.807) is 6.20 Å². The number of nitriles is 1. The van der Waals surface area contributed by atoms with Crippen LogP contribution in [0.25, 0.3) is 32.2 Å². The van der Waals surface area contributed by atoms with Crippen molar-refractivity contribution in [2.75, 3.05) is 37.8 Å². The van der Waals surface area contributed by atoms with Gasteiger partial charge in [0.15, 0.2) is 11.6 Å². The van der Waals surface area contributed by atoms with Gasteiger partial charge in [-0.3, -0.25) is 4.98 Å². The van der Waals surface area contributed by atoms with Crippen LogP contribution >= 0.6 is 11.3 Å². The number of benzene rings is 1. The number of piperidine rings is 1. The van der Waals surface area contributed by atoms with E-state index in [0.29, 0.717) is 22.9 Å². The quantitative estimate of drug-likeness (QED) is 0.440. The standard InChI is InChI=1S/C25H23F2N7OS/c1-33(2)12-4-3-5-34(9-12)25-31-7-14-15-10-35-11-16(15)18(20(27)21(14)32-25)22-19-13(6-28)24(29)36-23(19)17(26)8-30-22/h7-8,12H,3-5,9-11,29H2,1-2H3. The molecule has 11 heteroatoms. The van der Waals surface area contributed by atoms with Gasteiger partial charge in [0.05, 0.1) is 35.4 Å². The Bertz CT molecular complexity index is 1580. The number of hydrogen-bond acceptors (Lipinski definition) is 9. The zero-order chi connectivity index (χ0) is 25.1. The molecule has 1 aromatic carbocycles. The minimum atomic E-state index is -0.605. The first-order chi connectivity index (χ1) is 17.4. The van der Waals surface area contributed by atoms with Gasteiger partial charge in [-0.05, 0) is 38.1 Å². The third-order valence-electron chi connectivity index (χ3n) is 7.14. The summed E-state index contributed by atoms with van der Waals surface area (Å²) in [6.45, 7) is 1.98. The second-order valence-electron chi connectivity index (χ2n) is 9.39. The van der Waals surface area contributed by atoms with Crippen LogP contribution in [-0.4, -0.2) is 53.1 Å². The Morgan fingerprint density at radius 1 is 1.22 bits per heavy atom. The third kappa shape index (κ3) is 3.40. The SMILES string of the molecule is CN(C)C1CCCN(c2ncc3c4c(c(-c5ncc(F)c6sc(N)c(C#N)c56)c(F)c3n2)COC4)C1. The van der Waals surface area contributed by atoms with Crippen molar-refractivity contribution in [2.45, 2.75) is 32.1 Å². The summed E-state index contributed by atoms with van der Waals surface area (Å²) < 4.78 is 36.9. The number of anilines is 2. The highest BCUT2D eigenvalue weighted by Crippen LogP contribution is 2.45. The summed E-state index contributed by atoms with van der Waals surface area (Å²) in [5, 5.41) is 10.7. The topological polar surface area (TPSA) is 104 Å². The first-order valence-corrected chi connectivity index (χ1v) is 12.5. The molecule has 0 radical (unpaired) electrons. The molecule has 4 aromatic rings. The zero-order valence-corrected chi connectivity index (χ0v) is 20.6. The van der Waals surface area contributed by atoms with Gasteiger partial charge >= 0.3 is 0 Å². The number of nitrogens with two attached hydrogens (primary N) is 1. The first-order valence-electron chi connectivity index (χ1n) is 11.6. The molecule has 8 nitrogen and oxygen atoms in total. The van der Waals surface area contributed by atoms with Gasteiger partial charge in [-0.15, -0.1) is 11.3 Å². The number of nitrogen functional groups attached to an aromatic ring is 1. The van der Waals surface area contributed by atoms with Crippen molar-refractivity contribution < 1.29 is 13.5 Å². The average molecular weight is 508 g/mol. The molecule has 36 heavy (non-hydrogen) atoms. The van der Waals surface area contributed by atoms with Crippen molar-refractivity contribution in [1.82, 2.24) is 19.9 Å². The summed E-state index contributed by atoms with van der Waals surface area (Å²) in [5.74, 6) is -0.730. The summed E-state index contributed by atoms with van der Waals surface area (Å²) in [6.07, 6.45) is 4.77. The molecule has 0 aliphatic carbocycles. The van der Waals surface area contributed by atoms with Crippen molar-refractivity contribution in [1.29, 1.82) is 5.26 Å². The van der Waals surface area contributed by atoms with E-state index in [-0.39, 0.29) is 50.6 Å². The molecule has 1 unspecified atom stereocenters. The lowest BCUT2D eigenvalue weighted by atomic mass is 9.94. The van der Waals surface area contributed by atoms with Gasteiger partial charge in [-0.2, -0.15) is 5.26 Å². The molecular formula is C25H23F2N7OS. The number of pyridine rings is 1. The van der Waals surface area contributed by atoms with E-state index in [0.717, 1.165) is 49.0 Å². The normalized spacial score (nSPS) is 17.8. The Labute approximate surface area is 209 Å². The number of fused-ring (bicyclic) bond motifs is 4. The van der Waals surface area contributed by atoms with E-state index in [1.807, 2.05) is 20.2 Å². The van der Waals surface area contributed by atoms with Gasteiger partial charge in [-0.1, -0.05) is 0 Å². The van der Waals surface area contributed by atoms with Gasteiger partial charge in [0, 0.05) is 41.7 Å². The van der Waals surface area contributed by atoms with Gasteiger partial charge in [0.25, 0.3) is 0 Å². The first kappa shape index (κ1) is 23.0. The molecule has 0 spiro atoms. The molecule has 0 bridgehead atoms. The van der Waals surface area contributed by atoms with Crippen LogP contribution in [-0.2, 0) is 18.0 Å². The number of hydrogen-bond donors (Lipinski definition) is 1. The summed E-state index contributed by atoms with van der Waals surface area (Å²) >= 11 is 0.956. The molecule has 2 aliphatic rings. The average Bonchev–Trinajstić information content (AvgIpc) is 3.50. The maximum atomic E-state index is 16.4. The maximum absolute atomic E-state index is 16.4. The van der Waals surface area contributed by atoms with E-state index in [4.69, 9.17) is 10.5 Å². The third-order valence-corrected chi connectivity index (χ3v) is 8.17. The van der Waals surface area contributed by atoms with Crippen molar-refractivity contribution in [3.63, 3.8) is 0 Å². The fourth-order valence-electron chi connectivity index (χ4n) is 5.25. The summed E-state index contributed by atoms with van der Waals surface area (Å²) in [7, 11) is 4.10. The zero-order valence-electron chi connectivity index (χ0n) is 19.8. The van der Waals surface area contributed by atoms with E-state index in [9.17, 15) is 9.65 Å². The van der Waals surface area contributed by atoms with Crippen LogP contribution in [0.1, 0.15) is 29.5 Å². The number of likely N-dealkylation sites (N-methyl/N-ethyl adjacent to an activating group) is 1. The monoisotopic (exact) mass is 507 g/mol. The van der Waals surface area contributed by atoms with Crippen LogP contribution in [0.5, 0.6) is 0 Å². The van der Waals surface area contributed by atoms with E-state index >= 15 is 4.39 Å².